The molecule has 2 aliphatic carbocycles. The second kappa shape index (κ2) is 11.1. The molecule has 210 valence electrons. The molecule has 0 bridgehead atoms. The first kappa shape index (κ1) is 27.9. The number of pyridine rings is 1. The Hall–Kier alpha value is -3.65. The van der Waals surface area contributed by atoms with E-state index in [0.717, 1.165) is 47.9 Å². The molecule has 0 atom stereocenters. The van der Waals surface area contributed by atoms with Crippen LogP contribution in [0.2, 0.25) is 0 Å². The molecule has 2 fully saturated rings. The monoisotopic (exact) mass is 546 g/mol. The average Bonchev–Trinajstić information content (AvgIpc) is 2.92. The summed E-state index contributed by atoms with van der Waals surface area (Å²) < 4.78 is 27.0. The number of hydrogen-bond acceptors (Lipinski definition) is 4. The van der Waals surface area contributed by atoms with E-state index in [1.165, 1.54) is 0 Å². The number of hydrogen-bond donors (Lipinski definition) is 2. The van der Waals surface area contributed by atoms with Gasteiger partial charge in [-0.1, -0.05) is 54.6 Å². The molecule has 3 N–H and O–H groups in total. The summed E-state index contributed by atoms with van der Waals surface area (Å²) in [5.41, 5.74) is 9.56. The van der Waals surface area contributed by atoms with Gasteiger partial charge in [0.15, 0.2) is 0 Å². The summed E-state index contributed by atoms with van der Waals surface area (Å²) in [6.07, 6.45) is 5.11. The summed E-state index contributed by atoms with van der Waals surface area (Å²) in [7, 11) is 1.85. The lowest BCUT2D eigenvalue weighted by Crippen LogP contribution is -2.55. The second-order valence-corrected chi connectivity index (χ2v) is 11.5. The Labute approximate surface area is 234 Å². The van der Waals surface area contributed by atoms with Crippen LogP contribution in [0.3, 0.4) is 0 Å². The number of nitrogens with one attached hydrogen (secondary N) is 1. The molecular formula is C32H36F2N4O2. The summed E-state index contributed by atoms with van der Waals surface area (Å²) in [6.45, 7) is 1.59. The standard InChI is InChI=1S/C32H36F2N4O2/c1-21(39)38(2)26-14-8-22(9-15-26)16-30(40)37-29-17-27(23-6-4-3-5-7-23)28(18-36-29)24-10-12-25(13-11-24)31(35)19-32(33,34)20-31/h3-7,10-13,17-18,22,26H,8-9,14-16,19-20,35H2,1-2H3,(H,36,37,40). The Kier molecular flexibility index (Phi) is 7.73. The maximum absolute atomic E-state index is 13.5. The van der Waals surface area contributed by atoms with Gasteiger partial charge in [0.05, 0.1) is 5.54 Å². The van der Waals surface area contributed by atoms with Crippen molar-refractivity contribution < 1.29 is 18.4 Å². The molecular weight excluding hydrogens is 510 g/mol. The van der Waals surface area contributed by atoms with Crippen molar-refractivity contribution in [1.82, 2.24) is 9.88 Å². The molecule has 0 unspecified atom stereocenters. The molecule has 5 rings (SSSR count). The summed E-state index contributed by atoms with van der Waals surface area (Å²) in [5, 5.41) is 2.98. The van der Waals surface area contributed by atoms with Gasteiger partial charge in [-0.05, 0) is 59.9 Å². The van der Waals surface area contributed by atoms with Crippen LogP contribution in [0.15, 0.2) is 66.9 Å². The molecule has 2 saturated carbocycles. The molecule has 0 aliphatic heterocycles. The minimum absolute atomic E-state index is 0.0717. The van der Waals surface area contributed by atoms with Crippen molar-refractivity contribution in [2.45, 2.75) is 69.4 Å². The molecule has 3 aromatic rings. The highest BCUT2D eigenvalue weighted by molar-refractivity contribution is 5.92. The van der Waals surface area contributed by atoms with Crippen molar-refractivity contribution in [2.24, 2.45) is 11.7 Å². The maximum Gasteiger partial charge on any atom is 0.252 e. The highest BCUT2D eigenvalue weighted by atomic mass is 19.3. The first-order chi connectivity index (χ1) is 19.0. The van der Waals surface area contributed by atoms with Crippen LogP contribution in [-0.2, 0) is 15.1 Å². The van der Waals surface area contributed by atoms with E-state index in [0.29, 0.717) is 17.8 Å². The van der Waals surface area contributed by atoms with Gasteiger partial charge in [0, 0.05) is 51.0 Å². The van der Waals surface area contributed by atoms with Crippen LogP contribution < -0.4 is 11.1 Å². The van der Waals surface area contributed by atoms with Gasteiger partial charge in [0.1, 0.15) is 5.82 Å². The molecule has 8 heteroatoms. The molecule has 2 aliphatic rings. The highest BCUT2D eigenvalue weighted by Gasteiger charge is 2.55. The molecule has 2 aromatic carbocycles. The van der Waals surface area contributed by atoms with Crippen molar-refractivity contribution in [3.63, 3.8) is 0 Å². The fraction of sp³-hybridized carbons (Fsp3) is 0.406. The van der Waals surface area contributed by atoms with Crippen molar-refractivity contribution in [1.29, 1.82) is 0 Å². The number of carbonyl (C=O) groups excluding carboxylic acids is 2. The molecule has 0 saturated heterocycles. The summed E-state index contributed by atoms with van der Waals surface area (Å²) in [6, 6.07) is 19.4. The van der Waals surface area contributed by atoms with E-state index >= 15 is 0 Å². The van der Waals surface area contributed by atoms with E-state index in [1.807, 2.05) is 67.7 Å². The lowest BCUT2D eigenvalue weighted by Gasteiger charge is -2.44. The van der Waals surface area contributed by atoms with Gasteiger partial charge in [-0.2, -0.15) is 0 Å². The first-order valence-electron chi connectivity index (χ1n) is 13.9. The predicted octanol–water partition coefficient (Wildman–Crippen LogP) is 6.36. The van der Waals surface area contributed by atoms with Crippen molar-refractivity contribution in [3.05, 3.63) is 72.4 Å². The Bertz CT molecular complexity index is 1360. The van der Waals surface area contributed by atoms with E-state index in [4.69, 9.17) is 5.73 Å². The Morgan fingerprint density at radius 3 is 2.20 bits per heavy atom. The molecule has 1 heterocycles. The van der Waals surface area contributed by atoms with Crippen molar-refractivity contribution >= 4 is 17.6 Å². The van der Waals surface area contributed by atoms with Crippen LogP contribution >= 0.6 is 0 Å². The van der Waals surface area contributed by atoms with Crippen LogP contribution in [0.4, 0.5) is 14.6 Å². The number of anilines is 1. The number of halogens is 2. The van der Waals surface area contributed by atoms with Gasteiger partial charge in [-0.15, -0.1) is 0 Å². The zero-order valence-corrected chi connectivity index (χ0v) is 23.0. The fourth-order valence-electron chi connectivity index (χ4n) is 6.12. The number of benzene rings is 2. The minimum atomic E-state index is -2.70. The van der Waals surface area contributed by atoms with Crippen LogP contribution in [-0.4, -0.2) is 40.7 Å². The van der Waals surface area contributed by atoms with Gasteiger partial charge in [0.25, 0.3) is 5.92 Å². The van der Waals surface area contributed by atoms with E-state index in [1.54, 1.807) is 18.0 Å². The number of nitrogens with zero attached hydrogens (tertiary/aromatic N) is 2. The van der Waals surface area contributed by atoms with Crippen molar-refractivity contribution in [3.8, 4) is 22.3 Å². The van der Waals surface area contributed by atoms with Gasteiger partial charge >= 0.3 is 0 Å². The highest BCUT2D eigenvalue weighted by Crippen LogP contribution is 2.50. The Morgan fingerprint density at radius 2 is 1.60 bits per heavy atom. The normalized spacial score (nSPS) is 21.2. The smallest absolute Gasteiger partial charge is 0.252 e. The third kappa shape index (κ3) is 6.07. The third-order valence-corrected chi connectivity index (χ3v) is 8.51. The summed E-state index contributed by atoms with van der Waals surface area (Å²) in [4.78, 5) is 31.0. The second-order valence-electron chi connectivity index (χ2n) is 11.5. The average molecular weight is 547 g/mol. The molecule has 2 amide bonds. The lowest BCUT2D eigenvalue weighted by molar-refractivity contribution is -0.130. The van der Waals surface area contributed by atoms with E-state index in [-0.39, 0.29) is 36.6 Å². The first-order valence-corrected chi connectivity index (χ1v) is 13.9. The summed E-state index contributed by atoms with van der Waals surface area (Å²) >= 11 is 0. The molecule has 1 aromatic heterocycles. The molecule has 40 heavy (non-hydrogen) atoms. The van der Waals surface area contributed by atoms with E-state index < -0.39 is 11.5 Å². The SMILES string of the molecule is CC(=O)N(C)C1CCC(CC(=O)Nc2cc(-c3ccccc3)c(-c3ccc(C4(N)CC(F)(F)C4)cc3)cn2)CC1. The molecule has 6 nitrogen and oxygen atoms in total. The largest absolute Gasteiger partial charge is 0.343 e. The third-order valence-electron chi connectivity index (χ3n) is 8.51. The minimum Gasteiger partial charge on any atom is -0.343 e. The lowest BCUT2D eigenvalue weighted by atomic mass is 9.69. The summed E-state index contributed by atoms with van der Waals surface area (Å²) in [5.74, 6) is -1.94. The van der Waals surface area contributed by atoms with Gasteiger partial charge in [0.2, 0.25) is 11.8 Å². The number of rotatable bonds is 7. The molecule has 0 radical (unpaired) electrons. The van der Waals surface area contributed by atoms with Gasteiger partial charge < -0.3 is 16.0 Å². The van der Waals surface area contributed by atoms with Gasteiger partial charge in [-0.25, -0.2) is 13.8 Å². The number of carbonyl (C=O) groups is 2. The topological polar surface area (TPSA) is 88.3 Å². The van der Waals surface area contributed by atoms with Gasteiger partial charge in [-0.3, -0.25) is 9.59 Å². The zero-order valence-electron chi connectivity index (χ0n) is 23.0. The van der Waals surface area contributed by atoms with Crippen LogP contribution in [0, 0.1) is 5.92 Å². The number of alkyl halides is 2. The Balaban J connectivity index is 1.30. The predicted molar refractivity (Wildman–Crippen MR) is 153 cm³/mol. The number of nitrogens with two attached hydrogens (primary N) is 1. The van der Waals surface area contributed by atoms with Crippen LogP contribution in [0.5, 0.6) is 0 Å². The fourth-order valence-corrected chi connectivity index (χ4v) is 6.12. The Morgan fingerprint density at radius 1 is 0.975 bits per heavy atom. The van der Waals surface area contributed by atoms with Crippen LogP contribution in [0.1, 0.15) is 57.4 Å². The van der Waals surface area contributed by atoms with Crippen molar-refractivity contribution in [2.75, 3.05) is 12.4 Å². The van der Waals surface area contributed by atoms with Crippen LogP contribution in [0.25, 0.3) is 22.3 Å². The number of amides is 2. The quantitative estimate of drug-likeness (QED) is 0.361. The maximum atomic E-state index is 13.5. The van der Waals surface area contributed by atoms with E-state index in [9.17, 15) is 18.4 Å². The van der Waals surface area contributed by atoms with E-state index in [2.05, 4.69) is 10.3 Å². The molecule has 0 spiro atoms. The number of aromatic nitrogens is 1. The zero-order chi connectivity index (χ0) is 28.5.